The van der Waals surface area contributed by atoms with Crippen LogP contribution in [0.5, 0.6) is 0 Å². The van der Waals surface area contributed by atoms with Crippen molar-refractivity contribution in [2.75, 3.05) is 6.61 Å². The minimum atomic E-state index is -0.312. The molecule has 0 aromatic heterocycles. The molecule has 3 atom stereocenters. The van der Waals surface area contributed by atoms with E-state index in [2.05, 4.69) is 33.4 Å². The third-order valence-electron chi connectivity index (χ3n) is 7.08. The summed E-state index contributed by atoms with van der Waals surface area (Å²) in [6.07, 6.45) is 10.6. The highest BCUT2D eigenvalue weighted by atomic mass is 16.5. The zero-order valence-corrected chi connectivity index (χ0v) is 20.3. The Morgan fingerprint density at radius 2 is 2.03 bits per heavy atom. The lowest BCUT2D eigenvalue weighted by Crippen LogP contribution is -2.33. The number of ether oxygens (including phenoxy) is 2. The van der Waals surface area contributed by atoms with Gasteiger partial charge in [0, 0.05) is 19.4 Å². The summed E-state index contributed by atoms with van der Waals surface area (Å²) in [4.78, 5) is 34.7. The van der Waals surface area contributed by atoms with Gasteiger partial charge in [0.2, 0.25) is 0 Å². The van der Waals surface area contributed by atoms with Gasteiger partial charge in [-0.05, 0) is 80.9 Å². The fraction of sp³-hybridized carbons (Fsp3) is 0.593. The third kappa shape index (κ3) is 7.32. The molecular formula is C27H38O5. The smallest absolute Gasteiger partial charge is 0.331 e. The highest BCUT2D eigenvalue weighted by molar-refractivity contribution is 5.91. The van der Waals surface area contributed by atoms with E-state index in [1.165, 1.54) is 12.5 Å². The van der Waals surface area contributed by atoms with E-state index >= 15 is 0 Å². The first-order valence-electron chi connectivity index (χ1n) is 11.6. The number of cyclic esters (lactones) is 1. The van der Waals surface area contributed by atoms with Crippen LogP contribution in [0.2, 0.25) is 0 Å². The van der Waals surface area contributed by atoms with Gasteiger partial charge in [0.1, 0.15) is 12.7 Å². The fourth-order valence-corrected chi connectivity index (χ4v) is 4.48. The summed E-state index contributed by atoms with van der Waals surface area (Å²) in [5.74, 6) is -0.0673. The predicted molar refractivity (Wildman–Crippen MR) is 126 cm³/mol. The van der Waals surface area contributed by atoms with E-state index < -0.39 is 0 Å². The maximum Gasteiger partial charge on any atom is 0.331 e. The molecule has 0 spiro atoms. The maximum atomic E-state index is 11.9. The van der Waals surface area contributed by atoms with E-state index in [0.717, 1.165) is 48.8 Å². The average Bonchev–Trinajstić information content (AvgIpc) is 3.12. The van der Waals surface area contributed by atoms with Crippen LogP contribution in [-0.4, -0.2) is 30.4 Å². The second-order valence-electron chi connectivity index (χ2n) is 9.61. The largest absolute Gasteiger partial charge is 0.458 e. The summed E-state index contributed by atoms with van der Waals surface area (Å²) in [7, 11) is 0. The molecule has 176 valence electrons. The Morgan fingerprint density at radius 3 is 2.62 bits per heavy atom. The standard InChI is InChI=1S/C27H38O5/c1-18(8-7-9-23-16-26(30)31-17-23)10-11-25(32-22(5)28)19(2)12-13-27(6)20(3)14-24(29)15-21(27)4/h8,14,16,21,25H,2,7,9-13,15,17H2,1,3-6H3. The molecule has 32 heavy (non-hydrogen) atoms. The average molecular weight is 443 g/mol. The lowest BCUT2D eigenvalue weighted by molar-refractivity contribution is -0.145. The Morgan fingerprint density at radius 1 is 1.31 bits per heavy atom. The van der Waals surface area contributed by atoms with Crippen molar-refractivity contribution in [3.05, 3.63) is 47.1 Å². The second kappa shape index (κ2) is 11.4. The number of ketones is 1. The fourth-order valence-electron chi connectivity index (χ4n) is 4.48. The first-order valence-corrected chi connectivity index (χ1v) is 11.6. The molecule has 0 fully saturated rings. The Balaban J connectivity index is 1.90. The molecule has 0 saturated heterocycles. The van der Waals surface area contributed by atoms with Crippen LogP contribution in [0.1, 0.15) is 79.6 Å². The molecule has 1 aliphatic heterocycles. The number of carbonyl (C=O) groups excluding carboxylic acids is 3. The van der Waals surface area contributed by atoms with Crippen molar-refractivity contribution in [2.45, 2.75) is 85.7 Å². The normalized spacial score (nSPS) is 24.5. The maximum absolute atomic E-state index is 11.9. The van der Waals surface area contributed by atoms with Crippen molar-refractivity contribution in [3.63, 3.8) is 0 Å². The molecule has 0 aromatic carbocycles. The third-order valence-corrected chi connectivity index (χ3v) is 7.08. The van der Waals surface area contributed by atoms with Crippen molar-refractivity contribution >= 4 is 17.7 Å². The van der Waals surface area contributed by atoms with Gasteiger partial charge in [-0.1, -0.05) is 37.6 Å². The van der Waals surface area contributed by atoms with Crippen molar-refractivity contribution in [1.29, 1.82) is 0 Å². The van der Waals surface area contributed by atoms with Crippen LogP contribution >= 0.6 is 0 Å². The van der Waals surface area contributed by atoms with Gasteiger partial charge in [-0.25, -0.2) is 4.79 Å². The van der Waals surface area contributed by atoms with Crippen LogP contribution in [-0.2, 0) is 23.9 Å². The summed E-state index contributed by atoms with van der Waals surface area (Å²) in [5.41, 5.74) is 4.26. The van der Waals surface area contributed by atoms with Crippen LogP contribution < -0.4 is 0 Å². The van der Waals surface area contributed by atoms with Crippen molar-refractivity contribution in [1.82, 2.24) is 0 Å². The van der Waals surface area contributed by atoms with E-state index in [1.54, 1.807) is 12.2 Å². The first kappa shape index (κ1) is 25.8. The predicted octanol–water partition coefficient (Wildman–Crippen LogP) is 5.81. The molecule has 1 heterocycles. The SMILES string of the molecule is C=C(CCC1(C)C(C)=CC(=O)CC1C)C(CCC(C)=CCCC1=CC(=O)OC1)OC(C)=O. The van der Waals surface area contributed by atoms with Gasteiger partial charge in [0.05, 0.1) is 0 Å². The summed E-state index contributed by atoms with van der Waals surface area (Å²) < 4.78 is 10.5. The van der Waals surface area contributed by atoms with Crippen molar-refractivity contribution in [3.8, 4) is 0 Å². The second-order valence-corrected chi connectivity index (χ2v) is 9.61. The molecule has 5 nitrogen and oxygen atoms in total. The molecule has 0 N–H and O–H groups in total. The van der Waals surface area contributed by atoms with Gasteiger partial charge in [-0.3, -0.25) is 9.59 Å². The number of carbonyl (C=O) groups is 3. The number of rotatable bonds is 11. The lowest BCUT2D eigenvalue weighted by atomic mass is 9.64. The highest BCUT2D eigenvalue weighted by Gasteiger charge is 2.37. The van der Waals surface area contributed by atoms with Crippen molar-refractivity contribution in [2.24, 2.45) is 11.3 Å². The van der Waals surface area contributed by atoms with E-state index in [1.807, 2.05) is 6.92 Å². The van der Waals surface area contributed by atoms with Gasteiger partial charge in [-0.15, -0.1) is 0 Å². The number of allylic oxidation sites excluding steroid dienone is 4. The monoisotopic (exact) mass is 442 g/mol. The minimum absolute atomic E-state index is 0.0482. The first-order chi connectivity index (χ1) is 15.0. The molecule has 0 bridgehead atoms. The van der Waals surface area contributed by atoms with Gasteiger partial charge in [0.25, 0.3) is 0 Å². The Hall–Kier alpha value is -2.43. The Kier molecular flexibility index (Phi) is 9.23. The van der Waals surface area contributed by atoms with Crippen LogP contribution in [0.25, 0.3) is 0 Å². The molecule has 2 rings (SSSR count). The van der Waals surface area contributed by atoms with Gasteiger partial charge in [-0.2, -0.15) is 0 Å². The molecule has 5 heteroatoms. The molecule has 0 amide bonds. The number of hydrogen-bond donors (Lipinski definition) is 0. The van der Waals surface area contributed by atoms with Crippen LogP contribution in [0.4, 0.5) is 0 Å². The lowest BCUT2D eigenvalue weighted by Gasteiger charge is -2.40. The molecular weight excluding hydrogens is 404 g/mol. The number of esters is 2. The Labute approximate surface area is 192 Å². The zero-order valence-electron chi connectivity index (χ0n) is 20.3. The van der Waals surface area contributed by atoms with E-state index in [4.69, 9.17) is 9.47 Å². The summed E-state index contributed by atoms with van der Waals surface area (Å²) >= 11 is 0. The van der Waals surface area contributed by atoms with Gasteiger partial charge < -0.3 is 9.47 Å². The van der Waals surface area contributed by atoms with Gasteiger partial charge >= 0.3 is 11.9 Å². The van der Waals surface area contributed by atoms with Crippen LogP contribution in [0.3, 0.4) is 0 Å². The quantitative estimate of drug-likeness (QED) is 0.298. The van der Waals surface area contributed by atoms with E-state index in [-0.39, 0.29) is 35.2 Å². The molecule has 0 aromatic rings. The zero-order chi connectivity index (χ0) is 23.9. The molecule has 3 unspecified atom stereocenters. The van der Waals surface area contributed by atoms with Gasteiger partial charge in [0.15, 0.2) is 5.78 Å². The van der Waals surface area contributed by atoms with Crippen LogP contribution in [0.15, 0.2) is 47.1 Å². The summed E-state index contributed by atoms with van der Waals surface area (Å²) in [6, 6.07) is 0. The molecule has 2 aliphatic rings. The molecule has 1 aliphatic carbocycles. The van der Waals surface area contributed by atoms with Crippen molar-refractivity contribution < 1.29 is 23.9 Å². The molecule has 0 radical (unpaired) electrons. The minimum Gasteiger partial charge on any atom is -0.458 e. The Bertz CT molecular complexity index is 844. The highest BCUT2D eigenvalue weighted by Crippen LogP contribution is 2.45. The van der Waals surface area contributed by atoms with E-state index in [9.17, 15) is 14.4 Å². The van der Waals surface area contributed by atoms with Crippen LogP contribution in [0, 0.1) is 11.3 Å². The number of hydrogen-bond acceptors (Lipinski definition) is 5. The topological polar surface area (TPSA) is 69.7 Å². The summed E-state index contributed by atoms with van der Waals surface area (Å²) in [6.45, 7) is 14.6. The van der Waals surface area contributed by atoms with E-state index in [0.29, 0.717) is 19.4 Å². The molecule has 0 saturated carbocycles. The summed E-state index contributed by atoms with van der Waals surface area (Å²) in [5, 5.41) is 0.